The zero-order valence-corrected chi connectivity index (χ0v) is 12.3. The molecular weight excluding hydrogens is 250 g/mol. The van der Waals surface area contributed by atoms with Crippen molar-refractivity contribution in [2.45, 2.75) is 33.3 Å². The average Bonchev–Trinajstić information content (AvgIpc) is 2.44. The Balaban J connectivity index is 2.17. The zero-order chi connectivity index (χ0) is 14.5. The third-order valence-corrected chi connectivity index (χ3v) is 3.09. The van der Waals surface area contributed by atoms with Crippen LogP contribution in [0.5, 0.6) is 5.75 Å². The van der Waals surface area contributed by atoms with Crippen LogP contribution in [0.25, 0.3) is 0 Å². The molecule has 20 heavy (non-hydrogen) atoms. The van der Waals surface area contributed by atoms with Gasteiger partial charge < -0.3 is 9.84 Å². The van der Waals surface area contributed by atoms with Gasteiger partial charge in [0.05, 0.1) is 6.61 Å². The van der Waals surface area contributed by atoms with Crippen LogP contribution in [0.3, 0.4) is 0 Å². The molecular formula is C17H21NO2. The van der Waals surface area contributed by atoms with Crippen LogP contribution >= 0.6 is 0 Å². The van der Waals surface area contributed by atoms with E-state index in [1.807, 2.05) is 50.2 Å². The molecule has 2 rings (SSSR count). The maximum Gasteiger partial charge on any atom is 0.119 e. The summed E-state index contributed by atoms with van der Waals surface area (Å²) in [5.41, 5.74) is 3.57. The summed E-state index contributed by atoms with van der Waals surface area (Å²) in [6, 6.07) is 11.4. The minimum absolute atomic E-state index is 0.629. The van der Waals surface area contributed by atoms with E-state index >= 15 is 0 Å². The molecule has 0 saturated carbocycles. The second kappa shape index (κ2) is 6.53. The number of pyridine rings is 1. The third-order valence-electron chi connectivity index (χ3n) is 3.09. The highest BCUT2D eigenvalue weighted by atomic mass is 16.5. The standard InChI is InChI=1S/C17H21NO2/c1-4-9-20-16-7-5-14(6-8-16)17(19)15-10-12(2)18-13(3)11-15/h5-8,10-11,17,19H,4,9H2,1-3H3. The van der Waals surface area contributed by atoms with E-state index in [0.29, 0.717) is 6.61 Å². The van der Waals surface area contributed by atoms with Gasteiger partial charge in [-0.05, 0) is 55.7 Å². The Bertz CT molecular complexity index is 543. The van der Waals surface area contributed by atoms with E-state index < -0.39 is 6.10 Å². The number of aliphatic hydroxyl groups excluding tert-OH is 1. The minimum Gasteiger partial charge on any atom is -0.494 e. The quantitative estimate of drug-likeness (QED) is 0.904. The van der Waals surface area contributed by atoms with Crippen molar-refractivity contribution in [3.8, 4) is 5.75 Å². The van der Waals surface area contributed by atoms with Gasteiger partial charge >= 0.3 is 0 Å². The highest BCUT2D eigenvalue weighted by Crippen LogP contribution is 2.24. The van der Waals surface area contributed by atoms with Gasteiger partial charge in [0.25, 0.3) is 0 Å². The monoisotopic (exact) mass is 271 g/mol. The van der Waals surface area contributed by atoms with Crippen molar-refractivity contribution in [3.63, 3.8) is 0 Å². The molecule has 0 spiro atoms. The van der Waals surface area contributed by atoms with E-state index in [9.17, 15) is 5.11 Å². The second-order valence-corrected chi connectivity index (χ2v) is 5.00. The first-order valence-corrected chi connectivity index (χ1v) is 6.96. The fraction of sp³-hybridized carbons (Fsp3) is 0.353. The highest BCUT2D eigenvalue weighted by Gasteiger charge is 2.11. The minimum atomic E-state index is -0.629. The number of hydrogen-bond acceptors (Lipinski definition) is 3. The molecule has 0 saturated heterocycles. The molecule has 0 fully saturated rings. The number of ether oxygens (including phenoxy) is 1. The van der Waals surface area contributed by atoms with Crippen molar-refractivity contribution >= 4 is 0 Å². The number of aryl methyl sites for hydroxylation is 2. The predicted molar refractivity (Wildman–Crippen MR) is 80.0 cm³/mol. The maximum absolute atomic E-state index is 10.4. The molecule has 1 heterocycles. The number of hydrogen-bond donors (Lipinski definition) is 1. The molecule has 0 radical (unpaired) electrons. The number of rotatable bonds is 5. The highest BCUT2D eigenvalue weighted by molar-refractivity contribution is 5.35. The molecule has 3 heteroatoms. The van der Waals surface area contributed by atoms with Crippen LogP contribution in [-0.4, -0.2) is 16.7 Å². The Morgan fingerprint density at radius 3 is 2.20 bits per heavy atom. The van der Waals surface area contributed by atoms with Gasteiger partial charge in [-0.2, -0.15) is 0 Å². The lowest BCUT2D eigenvalue weighted by Crippen LogP contribution is -2.02. The van der Waals surface area contributed by atoms with E-state index in [2.05, 4.69) is 11.9 Å². The van der Waals surface area contributed by atoms with Crippen LogP contribution in [0.15, 0.2) is 36.4 Å². The zero-order valence-electron chi connectivity index (χ0n) is 12.3. The molecule has 1 aromatic carbocycles. The Labute approximate surface area is 120 Å². The molecule has 106 valence electrons. The molecule has 0 aliphatic carbocycles. The summed E-state index contributed by atoms with van der Waals surface area (Å²) < 4.78 is 5.54. The van der Waals surface area contributed by atoms with Gasteiger partial charge in [-0.15, -0.1) is 0 Å². The predicted octanol–water partition coefficient (Wildman–Crippen LogP) is 3.57. The normalized spacial score (nSPS) is 12.2. The van der Waals surface area contributed by atoms with Crippen LogP contribution < -0.4 is 4.74 Å². The summed E-state index contributed by atoms with van der Waals surface area (Å²) in [5.74, 6) is 0.838. The molecule has 1 unspecified atom stereocenters. The molecule has 0 bridgehead atoms. The Kier molecular flexibility index (Phi) is 4.74. The van der Waals surface area contributed by atoms with Crippen molar-refractivity contribution in [2.75, 3.05) is 6.61 Å². The van der Waals surface area contributed by atoms with Crippen molar-refractivity contribution in [3.05, 3.63) is 58.9 Å². The number of nitrogens with zero attached hydrogens (tertiary/aromatic N) is 1. The summed E-state index contributed by atoms with van der Waals surface area (Å²) in [6.45, 7) is 6.66. The van der Waals surface area contributed by atoms with Crippen molar-refractivity contribution in [1.29, 1.82) is 0 Å². The first-order chi connectivity index (χ1) is 9.60. The van der Waals surface area contributed by atoms with Gasteiger partial charge in [-0.1, -0.05) is 19.1 Å². The van der Waals surface area contributed by atoms with Crippen molar-refractivity contribution < 1.29 is 9.84 Å². The second-order valence-electron chi connectivity index (χ2n) is 5.00. The molecule has 3 nitrogen and oxygen atoms in total. The van der Waals surface area contributed by atoms with E-state index in [-0.39, 0.29) is 0 Å². The molecule has 0 aliphatic heterocycles. The van der Waals surface area contributed by atoms with Crippen molar-refractivity contribution in [2.24, 2.45) is 0 Å². The summed E-state index contributed by atoms with van der Waals surface area (Å²) in [5, 5.41) is 10.4. The fourth-order valence-corrected chi connectivity index (χ4v) is 2.18. The smallest absolute Gasteiger partial charge is 0.119 e. The van der Waals surface area contributed by atoms with Gasteiger partial charge in [0.1, 0.15) is 11.9 Å². The van der Waals surface area contributed by atoms with E-state index in [0.717, 1.165) is 34.7 Å². The first-order valence-electron chi connectivity index (χ1n) is 6.96. The van der Waals surface area contributed by atoms with Gasteiger partial charge in [-0.25, -0.2) is 0 Å². The molecule has 0 aliphatic rings. The van der Waals surface area contributed by atoms with Crippen LogP contribution in [0.1, 0.15) is 42.0 Å². The lowest BCUT2D eigenvalue weighted by atomic mass is 10.0. The van der Waals surface area contributed by atoms with Crippen LogP contribution in [-0.2, 0) is 0 Å². The lowest BCUT2D eigenvalue weighted by molar-refractivity contribution is 0.220. The van der Waals surface area contributed by atoms with Gasteiger partial charge in [0.2, 0.25) is 0 Å². The summed E-state index contributed by atoms with van der Waals surface area (Å²) in [6.07, 6.45) is 0.357. The summed E-state index contributed by atoms with van der Waals surface area (Å²) in [7, 11) is 0. The fourth-order valence-electron chi connectivity index (χ4n) is 2.18. The maximum atomic E-state index is 10.4. The van der Waals surface area contributed by atoms with Crippen molar-refractivity contribution in [1.82, 2.24) is 4.98 Å². The van der Waals surface area contributed by atoms with E-state index in [4.69, 9.17) is 4.74 Å². The number of aliphatic hydroxyl groups is 1. The topological polar surface area (TPSA) is 42.4 Å². The third kappa shape index (κ3) is 3.58. The van der Waals surface area contributed by atoms with Crippen LogP contribution in [0, 0.1) is 13.8 Å². The molecule has 2 aromatic rings. The van der Waals surface area contributed by atoms with Gasteiger partial charge in [0.15, 0.2) is 0 Å². The van der Waals surface area contributed by atoms with E-state index in [1.54, 1.807) is 0 Å². The largest absolute Gasteiger partial charge is 0.494 e. The van der Waals surface area contributed by atoms with Crippen LogP contribution in [0.2, 0.25) is 0 Å². The van der Waals surface area contributed by atoms with Gasteiger partial charge in [0, 0.05) is 11.4 Å². The molecule has 1 aromatic heterocycles. The Morgan fingerprint density at radius 1 is 1.05 bits per heavy atom. The Morgan fingerprint density at radius 2 is 1.65 bits per heavy atom. The first kappa shape index (κ1) is 14.5. The summed E-state index contributed by atoms with van der Waals surface area (Å²) >= 11 is 0. The molecule has 0 amide bonds. The average molecular weight is 271 g/mol. The van der Waals surface area contributed by atoms with Gasteiger partial charge in [-0.3, -0.25) is 4.98 Å². The summed E-state index contributed by atoms with van der Waals surface area (Å²) in [4.78, 5) is 4.33. The molecule has 1 atom stereocenters. The lowest BCUT2D eigenvalue weighted by Gasteiger charge is -2.13. The molecule has 1 N–H and O–H groups in total. The number of aromatic nitrogens is 1. The number of benzene rings is 1. The van der Waals surface area contributed by atoms with Crippen LogP contribution in [0.4, 0.5) is 0 Å². The SMILES string of the molecule is CCCOc1ccc(C(O)c2cc(C)nc(C)c2)cc1. The Hall–Kier alpha value is -1.87. The van der Waals surface area contributed by atoms with E-state index in [1.165, 1.54) is 0 Å².